The molecule has 1 aromatic carbocycles. The molecule has 33 heavy (non-hydrogen) atoms. The number of ether oxygens (including phenoxy) is 1. The van der Waals surface area contributed by atoms with Gasteiger partial charge in [-0.1, -0.05) is 36.4 Å². The molecule has 168 valence electrons. The molecular formula is C26H26N4O3. The Morgan fingerprint density at radius 1 is 1.09 bits per heavy atom. The Bertz CT molecular complexity index is 1250. The number of carbonyl (C=O) groups excluding carboxylic acids is 1. The number of pyridine rings is 1. The number of H-pyrrole nitrogens is 1. The second-order valence-electron chi connectivity index (χ2n) is 9.05. The molecule has 1 amide bonds. The van der Waals surface area contributed by atoms with Crippen LogP contribution in [0.5, 0.6) is 0 Å². The fourth-order valence-corrected chi connectivity index (χ4v) is 4.94. The summed E-state index contributed by atoms with van der Waals surface area (Å²) < 4.78 is 5.78. The average Bonchev–Trinajstić information content (AvgIpc) is 3.08. The highest BCUT2D eigenvalue weighted by Crippen LogP contribution is 2.44. The number of rotatable bonds is 4. The number of nitrogens with one attached hydrogen (secondary N) is 1. The second-order valence-corrected chi connectivity index (χ2v) is 9.05. The molecule has 0 unspecified atom stereocenters. The third-order valence-electron chi connectivity index (χ3n) is 6.47. The number of allylic oxidation sites excluding steroid dienone is 1. The summed E-state index contributed by atoms with van der Waals surface area (Å²) in [5, 5.41) is 0. The van der Waals surface area contributed by atoms with Gasteiger partial charge in [-0.05, 0) is 61.9 Å². The van der Waals surface area contributed by atoms with Crippen molar-refractivity contribution in [1.82, 2.24) is 19.9 Å². The fourth-order valence-electron chi connectivity index (χ4n) is 4.94. The van der Waals surface area contributed by atoms with Gasteiger partial charge in [-0.2, -0.15) is 0 Å². The van der Waals surface area contributed by atoms with E-state index in [0.29, 0.717) is 11.4 Å². The lowest BCUT2D eigenvalue weighted by Crippen LogP contribution is -2.41. The molecule has 0 bridgehead atoms. The first-order chi connectivity index (χ1) is 15.9. The van der Waals surface area contributed by atoms with E-state index in [1.54, 1.807) is 24.7 Å². The number of amides is 1. The molecule has 3 aromatic rings. The van der Waals surface area contributed by atoms with E-state index in [1.165, 1.54) is 0 Å². The van der Waals surface area contributed by atoms with E-state index in [9.17, 15) is 9.59 Å². The predicted octanol–water partition coefficient (Wildman–Crippen LogP) is 4.74. The quantitative estimate of drug-likeness (QED) is 0.631. The van der Waals surface area contributed by atoms with Crippen LogP contribution in [0.1, 0.15) is 50.3 Å². The highest BCUT2D eigenvalue weighted by molar-refractivity contribution is 5.74. The fraction of sp³-hybridized carbons (Fsp3) is 0.308. The Morgan fingerprint density at radius 2 is 1.85 bits per heavy atom. The molecule has 0 spiro atoms. The number of hydrogen-bond donors (Lipinski definition) is 1. The first-order valence-corrected chi connectivity index (χ1v) is 11.2. The number of nitrogens with zero attached hydrogens (tertiary/aromatic N) is 3. The second kappa shape index (κ2) is 8.31. The zero-order chi connectivity index (χ0) is 23.0. The van der Waals surface area contributed by atoms with Gasteiger partial charge in [0.25, 0.3) is 5.56 Å². The molecule has 2 atom stereocenters. The van der Waals surface area contributed by atoms with Crippen molar-refractivity contribution >= 4 is 11.7 Å². The van der Waals surface area contributed by atoms with Crippen LogP contribution in [0.4, 0.5) is 4.79 Å². The summed E-state index contributed by atoms with van der Waals surface area (Å²) in [5.74, 6) is 0.405. The average molecular weight is 443 g/mol. The van der Waals surface area contributed by atoms with E-state index < -0.39 is 5.60 Å². The highest BCUT2D eigenvalue weighted by Gasteiger charge is 2.50. The van der Waals surface area contributed by atoms with E-state index in [4.69, 9.17) is 4.74 Å². The molecule has 7 nitrogen and oxygen atoms in total. The van der Waals surface area contributed by atoms with E-state index in [1.807, 2.05) is 43.0 Å². The summed E-state index contributed by atoms with van der Waals surface area (Å²) in [5.41, 5.74) is 2.79. The van der Waals surface area contributed by atoms with Gasteiger partial charge >= 0.3 is 6.09 Å². The molecule has 0 saturated carbocycles. The van der Waals surface area contributed by atoms with Crippen LogP contribution in [0.3, 0.4) is 0 Å². The Labute approximate surface area is 192 Å². The van der Waals surface area contributed by atoms with Crippen LogP contribution in [-0.4, -0.2) is 37.6 Å². The van der Waals surface area contributed by atoms with Crippen LogP contribution in [0.15, 0.2) is 71.9 Å². The summed E-state index contributed by atoms with van der Waals surface area (Å²) in [6.45, 7) is 3.94. The Morgan fingerprint density at radius 3 is 2.55 bits per heavy atom. The number of aromatic amines is 1. The van der Waals surface area contributed by atoms with Gasteiger partial charge in [-0.3, -0.25) is 9.69 Å². The minimum Gasteiger partial charge on any atom is -0.441 e. The molecule has 0 radical (unpaired) electrons. The Hall–Kier alpha value is -3.74. The number of aromatic nitrogens is 3. The summed E-state index contributed by atoms with van der Waals surface area (Å²) in [6, 6.07) is 13.6. The van der Waals surface area contributed by atoms with Crippen LogP contribution in [0, 0.1) is 0 Å². The van der Waals surface area contributed by atoms with E-state index >= 15 is 0 Å². The SMILES string of the molecule is CC1(C)OC(=O)N([C@H]2CC=C(c3c[nH]c(=O)c(-c4ncccn4)c3)CC2)[C@H]1c1ccccc1. The molecular weight excluding hydrogens is 416 g/mol. The molecule has 5 rings (SSSR count). The molecule has 7 heteroatoms. The molecule has 2 aliphatic rings. The normalized spacial score (nSPS) is 22.1. The van der Waals surface area contributed by atoms with Gasteiger partial charge in [0.1, 0.15) is 5.60 Å². The van der Waals surface area contributed by atoms with Crippen LogP contribution < -0.4 is 5.56 Å². The lowest BCUT2D eigenvalue weighted by atomic mass is 9.86. The van der Waals surface area contributed by atoms with Crippen molar-refractivity contribution in [2.24, 2.45) is 0 Å². The maximum Gasteiger partial charge on any atom is 0.411 e. The summed E-state index contributed by atoms with van der Waals surface area (Å²) in [6.07, 6.45) is 9.22. The van der Waals surface area contributed by atoms with Gasteiger partial charge in [-0.15, -0.1) is 0 Å². The third-order valence-corrected chi connectivity index (χ3v) is 6.47. The standard InChI is InChI=1S/C26H26N4O3/c1-26(2)22(18-7-4-3-5-8-18)30(25(32)33-26)20-11-9-17(10-12-20)19-15-21(24(31)29-16-19)23-27-13-6-14-28-23/h3-9,13-16,20,22H,10-12H2,1-2H3,(H,29,31)/t20-,22-/m0/s1. The predicted molar refractivity (Wildman–Crippen MR) is 125 cm³/mol. The molecule has 1 fully saturated rings. The van der Waals surface area contributed by atoms with Crippen molar-refractivity contribution in [3.05, 3.63) is 88.6 Å². The highest BCUT2D eigenvalue weighted by atomic mass is 16.6. The van der Waals surface area contributed by atoms with Crippen molar-refractivity contribution in [1.29, 1.82) is 0 Å². The van der Waals surface area contributed by atoms with Gasteiger partial charge in [0.2, 0.25) is 0 Å². The zero-order valence-corrected chi connectivity index (χ0v) is 18.7. The molecule has 1 aliphatic heterocycles. The summed E-state index contributed by atoms with van der Waals surface area (Å²) >= 11 is 0. The number of benzene rings is 1. The smallest absolute Gasteiger partial charge is 0.411 e. The molecule has 1 N–H and O–H groups in total. The molecule has 1 aliphatic carbocycles. The van der Waals surface area contributed by atoms with Crippen LogP contribution in [0.2, 0.25) is 0 Å². The molecule has 1 saturated heterocycles. The zero-order valence-electron chi connectivity index (χ0n) is 18.7. The molecule has 2 aromatic heterocycles. The Kier molecular flexibility index (Phi) is 5.32. The van der Waals surface area contributed by atoms with Crippen molar-refractivity contribution in [3.63, 3.8) is 0 Å². The number of carbonyl (C=O) groups is 1. The monoisotopic (exact) mass is 442 g/mol. The van der Waals surface area contributed by atoms with Gasteiger partial charge in [0.05, 0.1) is 11.6 Å². The topological polar surface area (TPSA) is 88.2 Å². The van der Waals surface area contributed by atoms with Crippen LogP contribution >= 0.6 is 0 Å². The van der Waals surface area contributed by atoms with Crippen LogP contribution in [0.25, 0.3) is 17.0 Å². The summed E-state index contributed by atoms with van der Waals surface area (Å²) in [4.78, 5) is 38.4. The number of cyclic esters (lactones) is 1. The van der Waals surface area contributed by atoms with Crippen molar-refractivity contribution in [2.45, 2.75) is 50.8 Å². The van der Waals surface area contributed by atoms with Gasteiger partial charge in [-0.25, -0.2) is 14.8 Å². The lowest BCUT2D eigenvalue weighted by molar-refractivity contribution is 0.0668. The first-order valence-electron chi connectivity index (χ1n) is 11.2. The van der Waals surface area contributed by atoms with E-state index in [0.717, 1.165) is 36.0 Å². The lowest BCUT2D eigenvalue weighted by Gasteiger charge is -2.36. The first kappa shape index (κ1) is 21.1. The molecule has 3 heterocycles. The van der Waals surface area contributed by atoms with E-state index in [-0.39, 0.29) is 23.7 Å². The van der Waals surface area contributed by atoms with Crippen molar-refractivity contribution in [3.8, 4) is 11.4 Å². The van der Waals surface area contributed by atoms with Crippen LogP contribution in [-0.2, 0) is 4.74 Å². The van der Waals surface area contributed by atoms with E-state index in [2.05, 4.69) is 33.2 Å². The summed E-state index contributed by atoms with van der Waals surface area (Å²) in [7, 11) is 0. The largest absolute Gasteiger partial charge is 0.441 e. The van der Waals surface area contributed by atoms with Gasteiger partial charge in [0.15, 0.2) is 5.82 Å². The number of hydrogen-bond acceptors (Lipinski definition) is 5. The minimum atomic E-state index is -0.605. The van der Waals surface area contributed by atoms with Crippen molar-refractivity contribution in [2.75, 3.05) is 0 Å². The maximum atomic E-state index is 12.9. The third kappa shape index (κ3) is 3.95. The van der Waals surface area contributed by atoms with Crippen molar-refractivity contribution < 1.29 is 9.53 Å². The minimum absolute atomic E-state index is 0.0490. The van der Waals surface area contributed by atoms with Gasteiger partial charge < -0.3 is 9.72 Å². The Balaban J connectivity index is 1.41. The maximum absolute atomic E-state index is 12.9. The van der Waals surface area contributed by atoms with Gasteiger partial charge in [0, 0.05) is 24.6 Å².